The monoisotopic (exact) mass is 396 g/mol. The van der Waals surface area contributed by atoms with Gasteiger partial charge in [0.1, 0.15) is 17.2 Å². The van der Waals surface area contributed by atoms with Crippen LogP contribution in [0.4, 0.5) is 0 Å². The summed E-state index contributed by atoms with van der Waals surface area (Å²) in [5.74, 6) is 4.32. The fraction of sp³-hybridized carbons (Fsp3) is 0.238. The SMILES string of the molecule is C#CCn1c(=NC(=O)Cc2ccc(OC)cc2OC)sc2cc(OC)ccc21. The van der Waals surface area contributed by atoms with Gasteiger partial charge in [0.05, 0.1) is 44.5 Å². The van der Waals surface area contributed by atoms with Gasteiger partial charge in [0, 0.05) is 11.6 Å². The first kappa shape index (κ1) is 19.5. The average Bonchev–Trinajstić information content (AvgIpc) is 3.04. The van der Waals surface area contributed by atoms with Crippen molar-refractivity contribution in [2.45, 2.75) is 13.0 Å². The van der Waals surface area contributed by atoms with Gasteiger partial charge in [-0.2, -0.15) is 4.99 Å². The van der Waals surface area contributed by atoms with E-state index in [0.29, 0.717) is 22.8 Å². The number of hydrogen-bond acceptors (Lipinski definition) is 5. The standard InChI is InChI=1S/C21H20N2O4S/c1-5-10-23-17-9-8-16(26-3)13-19(17)28-21(23)22-20(24)11-14-6-7-15(25-2)12-18(14)27-4/h1,6-9,12-13H,10-11H2,2-4H3. The van der Waals surface area contributed by atoms with Crippen molar-refractivity contribution in [2.75, 3.05) is 21.3 Å². The molecule has 28 heavy (non-hydrogen) atoms. The molecule has 0 N–H and O–H groups in total. The topological polar surface area (TPSA) is 62.1 Å². The number of thiazole rings is 1. The van der Waals surface area contributed by atoms with Crippen LogP contribution >= 0.6 is 11.3 Å². The highest BCUT2D eigenvalue weighted by Crippen LogP contribution is 2.26. The Kier molecular flexibility index (Phi) is 6.02. The normalized spacial score (nSPS) is 11.3. The highest BCUT2D eigenvalue weighted by molar-refractivity contribution is 7.16. The summed E-state index contributed by atoms with van der Waals surface area (Å²) in [5, 5.41) is 0. The Balaban J connectivity index is 1.98. The zero-order valence-corrected chi connectivity index (χ0v) is 16.7. The molecule has 0 aliphatic carbocycles. The first-order valence-electron chi connectivity index (χ1n) is 8.49. The van der Waals surface area contributed by atoms with Crippen molar-refractivity contribution in [3.05, 3.63) is 46.8 Å². The number of ether oxygens (including phenoxy) is 3. The molecule has 7 heteroatoms. The maximum Gasteiger partial charge on any atom is 0.252 e. The first-order chi connectivity index (χ1) is 13.6. The molecule has 3 rings (SSSR count). The maximum atomic E-state index is 12.6. The van der Waals surface area contributed by atoms with E-state index in [2.05, 4.69) is 10.9 Å². The molecule has 0 radical (unpaired) electrons. The Morgan fingerprint density at radius 2 is 1.82 bits per heavy atom. The lowest BCUT2D eigenvalue weighted by molar-refractivity contribution is -0.117. The number of nitrogens with zero attached hydrogens (tertiary/aromatic N) is 2. The summed E-state index contributed by atoms with van der Waals surface area (Å²) in [6.45, 7) is 0.324. The quantitative estimate of drug-likeness (QED) is 0.601. The molecular weight excluding hydrogens is 376 g/mol. The number of terminal acetylenes is 1. The molecule has 0 saturated carbocycles. The Morgan fingerprint density at radius 3 is 2.50 bits per heavy atom. The number of carbonyl (C=O) groups excluding carboxylic acids is 1. The van der Waals surface area contributed by atoms with Crippen LogP contribution in [0.25, 0.3) is 10.2 Å². The third-order valence-corrected chi connectivity index (χ3v) is 5.24. The van der Waals surface area contributed by atoms with Crippen LogP contribution in [0.5, 0.6) is 17.2 Å². The van der Waals surface area contributed by atoms with Gasteiger partial charge in [0.2, 0.25) is 0 Å². The van der Waals surface area contributed by atoms with Gasteiger partial charge in [-0.15, -0.1) is 6.42 Å². The highest BCUT2D eigenvalue weighted by Gasteiger charge is 2.12. The molecule has 0 spiro atoms. The minimum absolute atomic E-state index is 0.112. The van der Waals surface area contributed by atoms with Crippen molar-refractivity contribution < 1.29 is 19.0 Å². The van der Waals surface area contributed by atoms with E-state index in [9.17, 15) is 4.79 Å². The molecule has 144 valence electrons. The van der Waals surface area contributed by atoms with E-state index in [-0.39, 0.29) is 12.3 Å². The smallest absolute Gasteiger partial charge is 0.252 e. The van der Waals surface area contributed by atoms with E-state index in [1.54, 1.807) is 39.5 Å². The van der Waals surface area contributed by atoms with E-state index in [1.807, 2.05) is 22.8 Å². The minimum atomic E-state index is -0.284. The van der Waals surface area contributed by atoms with Gasteiger partial charge >= 0.3 is 0 Å². The molecule has 0 saturated heterocycles. The zero-order chi connectivity index (χ0) is 20.1. The highest BCUT2D eigenvalue weighted by atomic mass is 32.1. The van der Waals surface area contributed by atoms with Gasteiger partial charge < -0.3 is 18.8 Å². The summed E-state index contributed by atoms with van der Waals surface area (Å²) in [5.41, 5.74) is 1.65. The fourth-order valence-corrected chi connectivity index (χ4v) is 3.89. The Hall–Kier alpha value is -3.24. The van der Waals surface area contributed by atoms with E-state index in [0.717, 1.165) is 21.5 Å². The number of methoxy groups -OCH3 is 3. The molecule has 0 unspecified atom stereocenters. The predicted molar refractivity (Wildman–Crippen MR) is 109 cm³/mol. The molecule has 0 aliphatic heterocycles. The van der Waals surface area contributed by atoms with Gasteiger partial charge in [0.15, 0.2) is 4.80 Å². The lowest BCUT2D eigenvalue weighted by atomic mass is 10.1. The summed E-state index contributed by atoms with van der Waals surface area (Å²) in [6, 6.07) is 11.0. The van der Waals surface area contributed by atoms with Gasteiger partial charge in [-0.1, -0.05) is 23.3 Å². The van der Waals surface area contributed by atoms with E-state index in [1.165, 1.54) is 11.3 Å². The molecule has 0 fully saturated rings. The van der Waals surface area contributed by atoms with Gasteiger partial charge in [-0.25, -0.2) is 0 Å². The van der Waals surface area contributed by atoms with Crippen LogP contribution in [0.1, 0.15) is 5.56 Å². The number of carbonyl (C=O) groups is 1. The van der Waals surface area contributed by atoms with Crippen molar-refractivity contribution in [1.82, 2.24) is 4.57 Å². The van der Waals surface area contributed by atoms with Gasteiger partial charge in [-0.3, -0.25) is 4.79 Å². The molecule has 1 amide bonds. The summed E-state index contributed by atoms with van der Waals surface area (Å²) in [7, 11) is 4.75. The number of rotatable bonds is 6. The number of hydrogen-bond donors (Lipinski definition) is 0. The van der Waals surface area contributed by atoms with Gasteiger partial charge in [0.25, 0.3) is 5.91 Å². The van der Waals surface area contributed by atoms with Crippen molar-refractivity contribution in [3.8, 4) is 29.6 Å². The summed E-state index contributed by atoms with van der Waals surface area (Å²) >= 11 is 1.40. The van der Waals surface area contributed by atoms with E-state index in [4.69, 9.17) is 20.6 Å². The van der Waals surface area contributed by atoms with Crippen LogP contribution in [0.15, 0.2) is 41.4 Å². The number of aromatic nitrogens is 1. The molecule has 0 atom stereocenters. The van der Waals surface area contributed by atoms with Crippen molar-refractivity contribution in [3.63, 3.8) is 0 Å². The zero-order valence-electron chi connectivity index (χ0n) is 15.9. The first-order valence-corrected chi connectivity index (χ1v) is 9.30. The summed E-state index contributed by atoms with van der Waals surface area (Å²) in [6.07, 6.45) is 5.62. The molecule has 1 heterocycles. The van der Waals surface area contributed by atoms with Crippen LogP contribution in [0.2, 0.25) is 0 Å². The Labute approximate surface area is 167 Å². The fourth-order valence-electron chi connectivity index (χ4n) is 2.82. The van der Waals surface area contributed by atoms with Crippen molar-refractivity contribution in [1.29, 1.82) is 0 Å². The largest absolute Gasteiger partial charge is 0.497 e. The number of fused-ring (bicyclic) bond motifs is 1. The van der Waals surface area contributed by atoms with Crippen LogP contribution < -0.4 is 19.0 Å². The molecule has 3 aromatic rings. The average molecular weight is 396 g/mol. The lowest BCUT2D eigenvalue weighted by Gasteiger charge is -2.08. The number of amides is 1. The summed E-state index contributed by atoms with van der Waals surface area (Å²) < 4.78 is 18.6. The lowest BCUT2D eigenvalue weighted by Crippen LogP contribution is -2.17. The molecule has 0 aliphatic rings. The van der Waals surface area contributed by atoms with E-state index < -0.39 is 0 Å². The van der Waals surface area contributed by atoms with Crippen LogP contribution in [0, 0.1) is 12.3 Å². The molecule has 6 nitrogen and oxygen atoms in total. The van der Waals surface area contributed by atoms with Crippen molar-refractivity contribution in [2.24, 2.45) is 4.99 Å². The molecule has 2 aromatic carbocycles. The molecule has 0 bridgehead atoms. The molecular formula is C21H20N2O4S. The maximum absolute atomic E-state index is 12.6. The predicted octanol–water partition coefficient (Wildman–Crippen LogP) is 3.03. The van der Waals surface area contributed by atoms with Crippen LogP contribution in [0.3, 0.4) is 0 Å². The third-order valence-electron chi connectivity index (χ3n) is 4.20. The second-order valence-corrected chi connectivity index (χ2v) is 6.88. The van der Waals surface area contributed by atoms with Crippen LogP contribution in [-0.2, 0) is 17.8 Å². The minimum Gasteiger partial charge on any atom is -0.497 e. The second-order valence-electron chi connectivity index (χ2n) is 5.87. The number of benzene rings is 2. The van der Waals surface area contributed by atoms with E-state index >= 15 is 0 Å². The van der Waals surface area contributed by atoms with Crippen molar-refractivity contribution >= 4 is 27.5 Å². The van der Waals surface area contributed by atoms with Crippen LogP contribution in [-0.4, -0.2) is 31.8 Å². The molecule has 1 aromatic heterocycles. The Bertz CT molecular complexity index is 1120. The third kappa shape index (κ3) is 4.02. The van der Waals surface area contributed by atoms with Gasteiger partial charge in [-0.05, 0) is 24.3 Å². The second kappa shape index (κ2) is 8.63. The summed E-state index contributed by atoms with van der Waals surface area (Å²) in [4.78, 5) is 17.5. The Morgan fingerprint density at radius 1 is 1.11 bits per heavy atom.